The third-order valence-corrected chi connectivity index (χ3v) is 6.87. The number of anilines is 1. The van der Waals surface area contributed by atoms with Crippen molar-refractivity contribution in [3.63, 3.8) is 0 Å². The van der Waals surface area contributed by atoms with Crippen molar-refractivity contribution in [3.05, 3.63) is 77.4 Å². The lowest BCUT2D eigenvalue weighted by atomic mass is 10.1. The van der Waals surface area contributed by atoms with Crippen molar-refractivity contribution in [2.24, 2.45) is 0 Å². The molecule has 1 amide bonds. The molecule has 0 saturated carbocycles. The third kappa shape index (κ3) is 4.46. The number of fused-ring (bicyclic) bond motifs is 1. The van der Waals surface area contributed by atoms with Crippen LogP contribution in [-0.2, 0) is 0 Å². The predicted octanol–water partition coefficient (Wildman–Crippen LogP) is 5.69. The Morgan fingerprint density at radius 3 is 2.62 bits per heavy atom. The molecular formula is C24H19N3O3S2. The van der Waals surface area contributed by atoms with Gasteiger partial charge in [-0.05, 0) is 84.4 Å². The van der Waals surface area contributed by atoms with Crippen LogP contribution in [0.2, 0.25) is 0 Å². The number of nitrogens with zero attached hydrogens (tertiary/aromatic N) is 2. The van der Waals surface area contributed by atoms with Crippen molar-refractivity contribution in [1.82, 2.24) is 9.97 Å². The molecule has 160 valence electrons. The van der Waals surface area contributed by atoms with E-state index in [-0.39, 0.29) is 5.91 Å². The van der Waals surface area contributed by atoms with Crippen LogP contribution in [0.15, 0.2) is 77.0 Å². The summed E-state index contributed by atoms with van der Waals surface area (Å²) < 4.78 is 11.3. The number of amides is 1. The molecule has 3 heterocycles. The summed E-state index contributed by atoms with van der Waals surface area (Å²) >= 11 is 2.93. The van der Waals surface area contributed by atoms with Gasteiger partial charge in [0.15, 0.2) is 16.7 Å². The largest absolute Gasteiger partial charge is 0.486 e. The molecule has 0 bridgehead atoms. The third-order valence-electron chi connectivity index (χ3n) is 4.85. The Kier molecular flexibility index (Phi) is 5.79. The van der Waals surface area contributed by atoms with E-state index in [1.807, 2.05) is 55.5 Å². The Morgan fingerprint density at radius 2 is 1.81 bits per heavy atom. The number of hydrogen-bond donors (Lipinski definition) is 1. The van der Waals surface area contributed by atoms with Gasteiger partial charge in [0.1, 0.15) is 13.2 Å². The first-order chi connectivity index (χ1) is 15.7. The molecular weight excluding hydrogens is 442 g/mol. The maximum absolute atomic E-state index is 12.8. The lowest BCUT2D eigenvalue weighted by Gasteiger charge is -2.18. The highest BCUT2D eigenvalue weighted by Gasteiger charge is 2.16. The molecule has 0 radical (unpaired) electrons. The number of thiophene rings is 1. The molecule has 0 atom stereocenters. The van der Waals surface area contributed by atoms with Crippen LogP contribution in [0.5, 0.6) is 11.5 Å². The zero-order chi connectivity index (χ0) is 21.9. The summed E-state index contributed by atoms with van der Waals surface area (Å²) in [6, 6.07) is 17.3. The number of nitrogens with one attached hydrogen (secondary N) is 1. The Labute approximate surface area is 193 Å². The molecule has 8 heteroatoms. The van der Waals surface area contributed by atoms with Gasteiger partial charge in [-0.1, -0.05) is 0 Å². The average molecular weight is 462 g/mol. The van der Waals surface area contributed by atoms with E-state index in [1.54, 1.807) is 18.5 Å². The van der Waals surface area contributed by atoms with Gasteiger partial charge >= 0.3 is 0 Å². The first-order valence-corrected chi connectivity index (χ1v) is 11.7. The summed E-state index contributed by atoms with van der Waals surface area (Å²) in [5.41, 5.74) is 2.75. The van der Waals surface area contributed by atoms with Crippen LogP contribution in [0.25, 0.3) is 10.4 Å². The molecule has 4 aromatic rings. The van der Waals surface area contributed by atoms with Gasteiger partial charge in [0.2, 0.25) is 0 Å². The second kappa shape index (κ2) is 9.02. The second-order valence-corrected chi connectivity index (χ2v) is 9.21. The Morgan fingerprint density at radius 1 is 1.00 bits per heavy atom. The van der Waals surface area contributed by atoms with E-state index in [0.717, 1.165) is 38.1 Å². The first kappa shape index (κ1) is 20.5. The quantitative estimate of drug-likeness (QED) is 0.385. The number of benzene rings is 2. The van der Waals surface area contributed by atoms with Crippen LogP contribution in [0, 0.1) is 6.92 Å². The molecule has 0 unspecified atom stereocenters. The van der Waals surface area contributed by atoms with Gasteiger partial charge in [0.05, 0.1) is 4.88 Å². The lowest BCUT2D eigenvalue weighted by Crippen LogP contribution is -2.15. The summed E-state index contributed by atoms with van der Waals surface area (Å²) in [6.07, 6.45) is 3.44. The number of rotatable bonds is 5. The molecule has 1 N–H and O–H groups in total. The zero-order valence-corrected chi connectivity index (χ0v) is 18.8. The maximum Gasteiger partial charge on any atom is 0.265 e. The molecule has 1 aliphatic rings. The molecule has 0 spiro atoms. The van der Waals surface area contributed by atoms with E-state index in [9.17, 15) is 4.79 Å². The Hall–Kier alpha value is -3.36. The van der Waals surface area contributed by atoms with E-state index in [4.69, 9.17) is 9.47 Å². The molecule has 2 aromatic heterocycles. The van der Waals surface area contributed by atoms with E-state index >= 15 is 0 Å². The van der Waals surface area contributed by atoms with Crippen molar-refractivity contribution >= 4 is 34.7 Å². The summed E-state index contributed by atoms with van der Waals surface area (Å²) in [7, 11) is 0. The summed E-state index contributed by atoms with van der Waals surface area (Å²) in [5.74, 6) is 1.36. The van der Waals surface area contributed by atoms with Crippen LogP contribution in [-0.4, -0.2) is 29.1 Å². The summed E-state index contributed by atoms with van der Waals surface area (Å²) in [5, 5.41) is 3.71. The second-order valence-electron chi connectivity index (χ2n) is 7.09. The highest BCUT2D eigenvalue weighted by Crippen LogP contribution is 2.37. The normalized spacial score (nSPS) is 12.4. The molecule has 2 aromatic carbocycles. The number of aryl methyl sites for hydroxylation is 1. The minimum absolute atomic E-state index is 0.131. The fourth-order valence-electron chi connectivity index (χ4n) is 3.28. The Bertz CT molecular complexity index is 1270. The Balaban J connectivity index is 1.29. The molecule has 1 aliphatic heterocycles. The average Bonchev–Trinajstić information content (AvgIpc) is 3.32. The van der Waals surface area contributed by atoms with Crippen LogP contribution in [0.3, 0.4) is 0 Å². The predicted molar refractivity (Wildman–Crippen MR) is 126 cm³/mol. The summed E-state index contributed by atoms with van der Waals surface area (Å²) in [4.78, 5) is 24.0. The molecule has 0 aliphatic carbocycles. The minimum atomic E-state index is -0.131. The molecule has 32 heavy (non-hydrogen) atoms. The van der Waals surface area contributed by atoms with E-state index in [0.29, 0.717) is 23.2 Å². The number of carbonyl (C=O) groups is 1. The van der Waals surface area contributed by atoms with Crippen LogP contribution in [0.4, 0.5) is 5.69 Å². The van der Waals surface area contributed by atoms with Gasteiger partial charge in [-0.3, -0.25) is 4.79 Å². The number of aromatic nitrogens is 2. The molecule has 6 nitrogen and oxygen atoms in total. The van der Waals surface area contributed by atoms with Crippen molar-refractivity contribution in [2.75, 3.05) is 18.5 Å². The summed E-state index contributed by atoms with van der Waals surface area (Å²) in [6.45, 7) is 3.08. The van der Waals surface area contributed by atoms with Crippen LogP contribution in [0.1, 0.15) is 15.2 Å². The smallest absolute Gasteiger partial charge is 0.265 e. The number of carbonyl (C=O) groups excluding carboxylic acids is 1. The monoisotopic (exact) mass is 461 g/mol. The lowest BCUT2D eigenvalue weighted by molar-refractivity contribution is 0.103. The van der Waals surface area contributed by atoms with Gasteiger partial charge in [0.25, 0.3) is 5.91 Å². The molecule has 0 saturated heterocycles. The minimum Gasteiger partial charge on any atom is -0.486 e. The van der Waals surface area contributed by atoms with Gasteiger partial charge in [-0.15, -0.1) is 11.3 Å². The number of ether oxygens (including phenoxy) is 2. The highest BCUT2D eigenvalue weighted by molar-refractivity contribution is 7.99. The fourth-order valence-corrected chi connectivity index (χ4v) is 4.99. The van der Waals surface area contributed by atoms with E-state index < -0.39 is 0 Å². The highest BCUT2D eigenvalue weighted by atomic mass is 32.2. The number of hydrogen-bond acceptors (Lipinski definition) is 7. The van der Waals surface area contributed by atoms with Crippen molar-refractivity contribution in [3.8, 4) is 21.9 Å². The van der Waals surface area contributed by atoms with Crippen LogP contribution >= 0.6 is 23.1 Å². The van der Waals surface area contributed by atoms with E-state index in [1.165, 1.54) is 23.1 Å². The molecule has 0 fully saturated rings. The first-order valence-electron chi connectivity index (χ1n) is 10.0. The zero-order valence-electron chi connectivity index (χ0n) is 17.2. The van der Waals surface area contributed by atoms with Gasteiger partial charge < -0.3 is 14.8 Å². The maximum atomic E-state index is 12.8. The van der Waals surface area contributed by atoms with Gasteiger partial charge in [0, 0.05) is 27.9 Å². The fraction of sp³-hybridized carbons (Fsp3) is 0.125. The van der Waals surface area contributed by atoms with Crippen molar-refractivity contribution in [2.45, 2.75) is 17.0 Å². The van der Waals surface area contributed by atoms with Crippen molar-refractivity contribution < 1.29 is 14.3 Å². The van der Waals surface area contributed by atoms with Gasteiger partial charge in [-0.25, -0.2) is 9.97 Å². The topological polar surface area (TPSA) is 73.3 Å². The molecule has 5 rings (SSSR count). The SMILES string of the molecule is Cc1cc(Sc2ncccn2)ccc1NC(=O)c1ccc(-c2ccc3c(c2)OCCO3)s1. The van der Waals surface area contributed by atoms with Crippen LogP contribution < -0.4 is 14.8 Å². The van der Waals surface area contributed by atoms with Crippen molar-refractivity contribution in [1.29, 1.82) is 0 Å². The standard InChI is InChI=1S/C24H19N3O3S2/c1-15-13-17(31-24-25-9-2-10-26-24)4-5-18(15)27-23(28)22-8-7-21(32-22)16-3-6-19-20(14-16)30-12-11-29-19/h2-10,13-14H,11-12H2,1H3,(H,27,28). The van der Waals surface area contributed by atoms with E-state index in [2.05, 4.69) is 15.3 Å². The van der Waals surface area contributed by atoms with Gasteiger partial charge in [-0.2, -0.15) is 0 Å².